The van der Waals surface area contributed by atoms with Crippen LogP contribution in [0.25, 0.3) is 0 Å². The number of nitrogens with zero attached hydrogens (tertiary/aromatic N) is 3. The first-order chi connectivity index (χ1) is 14.8. The lowest BCUT2D eigenvalue weighted by Crippen LogP contribution is -2.66. The molecule has 7 aliphatic rings. The van der Waals surface area contributed by atoms with Crippen molar-refractivity contribution in [1.29, 1.82) is 5.26 Å². The molecule has 7 nitrogen and oxygen atoms in total. The van der Waals surface area contributed by atoms with Crippen molar-refractivity contribution >= 4 is 11.9 Å². The van der Waals surface area contributed by atoms with Gasteiger partial charge in [0.05, 0.1) is 12.1 Å². The highest BCUT2D eigenvalue weighted by Gasteiger charge is 2.64. The van der Waals surface area contributed by atoms with E-state index in [2.05, 4.69) is 11.0 Å². The minimum atomic E-state index is -0.596. The molecule has 168 valence electrons. The fraction of sp³-hybridized carbons (Fsp3) is 0.875. The van der Waals surface area contributed by atoms with Crippen LogP contribution in [0.3, 0.4) is 0 Å². The number of likely N-dealkylation sites (tertiary alicyclic amines) is 2. The predicted octanol–water partition coefficient (Wildman–Crippen LogP) is 1.80. The van der Waals surface area contributed by atoms with E-state index < -0.39 is 11.6 Å². The number of hydrogen-bond acceptors (Lipinski definition) is 6. The Balaban J connectivity index is 1.24. The van der Waals surface area contributed by atoms with Crippen LogP contribution in [0, 0.1) is 34.5 Å². The van der Waals surface area contributed by atoms with E-state index in [0.29, 0.717) is 24.2 Å². The molecule has 0 aromatic heterocycles. The van der Waals surface area contributed by atoms with Crippen molar-refractivity contribution in [3.8, 4) is 6.07 Å². The molecule has 2 unspecified atom stereocenters. The molecule has 4 bridgehead atoms. The summed E-state index contributed by atoms with van der Waals surface area (Å²) < 4.78 is 6.34. The number of carbonyl (C=O) groups excluding carboxylic acids is 2. The lowest BCUT2D eigenvalue weighted by molar-refractivity contribution is -0.209. The van der Waals surface area contributed by atoms with Crippen molar-refractivity contribution in [1.82, 2.24) is 9.80 Å². The van der Waals surface area contributed by atoms with E-state index in [-0.39, 0.29) is 35.4 Å². The Hall–Kier alpha value is -1.65. The van der Waals surface area contributed by atoms with Gasteiger partial charge in [0.25, 0.3) is 0 Å². The third-order valence-electron chi connectivity index (χ3n) is 9.60. The summed E-state index contributed by atoms with van der Waals surface area (Å²) in [5.74, 6) is 1.34. The van der Waals surface area contributed by atoms with E-state index in [1.165, 1.54) is 6.42 Å². The first-order valence-corrected chi connectivity index (χ1v) is 12.2. The van der Waals surface area contributed by atoms with Crippen LogP contribution in [0.1, 0.15) is 64.2 Å². The lowest BCUT2D eigenvalue weighted by Gasteiger charge is -2.62. The molecule has 0 radical (unpaired) electrons. The van der Waals surface area contributed by atoms with Crippen molar-refractivity contribution in [2.75, 3.05) is 13.6 Å². The zero-order chi connectivity index (χ0) is 21.5. The minimum absolute atomic E-state index is 0.0319. The number of esters is 1. The number of carbonyl (C=O) groups is 2. The molecule has 5 saturated carbocycles. The van der Waals surface area contributed by atoms with Crippen LogP contribution in [-0.4, -0.2) is 65.0 Å². The monoisotopic (exact) mass is 426 g/mol. The molecule has 31 heavy (non-hydrogen) atoms. The second-order valence-corrected chi connectivity index (χ2v) is 11.7. The number of piperidine rings is 1. The van der Waals surface area contributed by atoms with Gasteiger partial charge in [0.15, 0.2) is 0 Å². The van der Waals surface area contributed by atoms with Crippen molar-refractivity contribution in [3.63, 3.8) is 0 Å². The Kier molecular flexibility index (Phi) is 4.31. The van der Waals surface area contributed by atoms with Gasteiger partial charge in [0.2, 0.25) is 5.91 Å². The maximum Gasteiger partial charge on any atom is 0.323 e. The van der Waals surface area contributed by atoms with Gasteiger partial charge in [-0.1, -0.05) is 0 Å². The molecule has 7 fully saturated rings. The maximum atomic E-state index is 13.6. The Labute approximate surface area is 184 Å². The third-order valence-corrected chi connectivity index (χ3v) is 9.60. The zero-order valence-electron chi connectivity index (χ0n) is 18.5. The van der Waals surface area contributed by atoms with Crippen LogP contribution in [0.5, 0.6) is 0 Å². The Morgan fingerprint density at radius 1 is 1.16 bits per heavy atom. The average molecular weight is 427 g/mol. The fourth-order valence-electron chi connectivity index (χ4n) is 8.53. The predicted molar refractivity (Wildman–Crippen MR) is 112 cm³/mol. The molecule has 2 heterocycles. The summed E-state index contributed by atoms with van der Waals surface area (Å²) in [5.41, 5.74) is 6.03. The van der Waals surface area contributed by atoms with Gasteiger partial charge in [-0.3, -0.25) is 14.5 Å². The highest BCUT2D eigenvalue weighted by Crippen LogP contribution is 2.64. The number of amides is 1. The molecule has 2 aliphatic heterocycles. The van der Waals surface area contributed by atoms with E-state index in [4.69, 9.17) is 10.5 Å². The molecule has 7 atom stereocenters. The van der Waals surface area contributed by atoms with E-state index >= 15 is 0 Å². The van der Waals surface area contributed by atoms with E-state index in [1.807, 2.05) is 11.9 Å². The Morgan fingerprint density at radius 2 is 1.90 bits per heavy atom. The quantitative estimate of drug-likeness (QED) is 0.688. The number of nitriles is 1. The molecule has 2 N–H and O–H groups in total. The molecule has 1 amide bonds. The van der Waals surface area contributed by atoms with E-state index in [1.54, 1.807) is 0 Å². The SMILES string of the molecule is CN1CCC[C@H]1C(=O)OC12CC3CC(C1)CC([C@H](N)C(=O)N1[C@H](C#N)C[C@@H]4C[C@@H]41)(C3)C2. The molecule has 7 rings (SSSR count). The van der Waals surface area contributed by atoms with Crippen LogP contribution >= 0.6 is 0 Å². The number of likely N-dealkylation sites (N-methyl/N-ethyl adjacent to an activating group) is 1. The van der Waals surface area contributed by atoms with Crippen LogP contribution in [-0.2, 0) is 14.3 Å². The first-order valence-electron chi connectivity index (χ1n) is 12.2. The highest BCUT2D eigenvalue weighted by atomic mass is 16.6. The summed E-state index contributed by atoms with van der Waals surface area (Å²) in [4.78, 5) is 30.6. The number of hydrogen-bond donors (Lipinski definition) is 1. The summed E-state index contributed by atoms with van der Waals surface area (Å²) in [6.07, 6.45) is 9.36. The lowest BCUT2D eigenvalue weighted by atomic mass is 9.46. The van der Waals surface area contributed by atoms with Crippen molar-refractivity contribution in [3.05, 3.63) is 0 Å². The van der Waals surface area contributed by atoms with E-state index in [9.17, 15) is 14.9 Å². The van der Waals surface area contributed by atoms with Crippen LogP contribution < -0.4 is 5.73 Å². The van der Waals surface area contributed by atoms with Gasteiger partial charge < -0.3 is 15.4 Å². The molecule has 0 spiro atoms. The van der Waals surface area contributed by atoms with Gasteiger partial charge >= 0.3 is 5.97 Å². The van der Waals surface area contributed by atoms with Crippen LogP contribution in [0.15, 0.2) is 0 Å². The molecule has 2 saturated heterocycles. The van der Waals surface area contributed by atoms with Gasteiger partial charge in [-0.15, -0.1) is 0 Å². The average Bonchev–Trinajstić information content (AvgIpc) is 3.16. The molecular weight excluding hydrogens is 392 g/mol. The minimum Gasteiger partial charge on any atom is -0.458 e. The molecule has 0 aromatic rings. The zero-order valence-corrected chi connectivity index (χ0v) is 18.5. The Morgan fingerprint density at radius 3 is 2.55 bits per heavy atom. The Bertz CT molecular complexity index is 838. The summed E-state index contributed by atoms with van der Waals surface area (Å²) in [6.45, 7) is 0.944. The fourth-order valence-corrected chi connectivity index (χ4v) is 8.53. The number of ether oxygens (including phenoxy) is 1. The first kappa shape index (κ1) is 20.0. The second-order valence-electron chi connectivity index (χ2n) is 11.7. The van der Waals surface area contributed by atoms with Crippen LogP contribution in [0.4, 0.5) is 0 Å². The molecule has 5 aliphatic carbocycles. The maximum absolute atomic E-state index is 13.6. The van der Waals surface area contributed by atoms with Crippen LogP contribution in [0.2, 0.25) is 0 Å². The summed E-state index contributed by atoms with van der Waals surface area (Å²) in [5, 5.41) is 9.56. The number of fused-ring (bicyclic) bond motifs is 1. The topological polar surface area (TPSA) is 99.7 Å². The largest absolute Gasteiger partial charge is 0.458 e. The molecule has 0 aromatic carbocycles. The second kappa shape index (κ2) is 6.68. The normalized spacial score (nSPS) is 48.4. The number of nitrogens with two attached hydrogens (primary N) is 1. The summed E-state index contributed by atoms with van der Waals surface area (Å²) in [7, 11) is 2.00. The van der Waals surface area contributed by atoms with Gasteiger partial charge in [0, 0.05) is 6.04 Å². The standard InChI is InChI=1S/C24H34N4O3/c1-27-4-2-3-18(27)22(30)31-24-10-14-5-15(11-24)9-23(8-14,13-24)20(26)21(29)28-17(12-25)6-16-7-19(16)28/h14-20H,2-11,13,26H2,1H3/t14?,15?,16-,17+,18+,19+,20-,23?,24?/m1/s1. The van der Waals surface area contributed by atoms with Gasteiger partial charge in [-0.2, -0.15) is 5.26 Å². The smallest absolute Gasteiger partial charge is 0.323 e. The van der Waals surface area contributed by atoms with Crippen molar-refractivity contribution < 1.29 is 14.3 Å². The van der Waals surface area contributed by atoms with E-state index in [0.717, 1.165) is 57.9 Å². The molecular formula is C24H34N4O3. The van der Waals surface area contributed by atoms with Gasteiger partial charge in [-0.05, 0) is 101 Å². The van der Waals surface area contributed by atoms with Gasteiger partial charge in [0.1, 0.15) is 17.7 Å². The third kappa shape index (κ3) is 2.97. The number of rotatable bonds is 4. The summed E-state index contributed by atoms with van der Waals surface area (Å²) in [6, 6.07) is 1.51. The molecule has 7 heteroatoms. The van der Waals surface area contributed by atoms with Gasteiger partial charge in [-0.25, -0.2) is 0 Å². The summed E-state index contributed by atoms with van der Waals surface area (Å²) >= 11 is 0. The van der Waals surface area contributed by atoms with Crippen molar-refractivity contribution in [2.45, 2.75) is 94.0 Å². The van der Waals surface area contributed by atoms with Crippen molar-refractivity contribution in [2.24, 2.45) is 28.9 Å². The highest BCUT2D eigenvalue weighted by molar-refractivity contribution is 5.84.